The fourth-order valence-corrected chi connectivity index (χ4v) is 3.66. The van der Waals surface area contributed by atoms with Crippen LogP contribution in [0.1, 0.15) is 34.9 Å². The number of carboxylic acids is 1. The molecule has 2 aromatic heterocycles. The summed E-state index contributed by atoms with van der Waals surface area (Å²) in [4.78, 5) is 38.0. The Morgan fingerprint density at radius 2 is 2.04 bits per heavy atom. The Balaban J connectivity index is 1.78. The molecule has 0 bridgehead atoms. The second kappa shape index (κ2) is 6.59. The number of carbonyl (C=O) groups is 2. The van der Waals surface area contributed by atoms with Crippen LogP contribution in [-0.2, 0) is 4.79 Å². The molecule has 2 N–H and O–H groups in total. The summed E-state index contributed by atoms with van der Waals surface area (Å²) < 4.78 is 0. The van der Waals surface area contributed by atoms with Gasteiger partial charge >= 0.3 is 5.97 Å². The molecular formula is C19H18N4O3. The number of fused-ring (bicyclic) bond motifs is 1. The van der Waals surface area contributed by atoms with Gasteiger partial charge in [0.2, 0.25) is 0 Å². The van der Waals surface area contributed by atoms with Gasteiger partial charge in [-0.25, -0.2) is 9.97 Å². The van der Waals surface area contributed by atoms with E-state index in [1.54, 1.807) is 35.4 Å². The highest BCUT2D eigenvalue weighted by atomic mass is 16.4. The van der Waals surface area contributed by atoms with Crippen molar-refractivity contribution in [2.75, 3.05) is 6.54 Å². The summed E-state index contributed by atoms with van der Waals surface area (Å²) in [6.45, 7) is 0.517. The van der Waals surface area contributed by atoms with Crippen molar-refractivity contribution in [1.82, 2.24) is 19.9 Å². The number of benzene rings is 1. The monoisotopic (exact) mass is 350 g/mol. The van der Waals surface area contributed by atoms with Crippen molar-refractivity contribution in [1.29, 1.82) is 0 Å². The van der Waals surface area contributed by atoms with Gasteiger partial charge in [0, 0.05) is 29.4 Å². The van der Waals surface area contributed by atoms with Gasteiger partial charge in [-0.05, 0) is 31.0 Å². The predicted molar refractivity (Wildman–Crippen MR) is 94.5 cm³/mol. The van der Waals surface area contributed by atoms with E-state index < -0.39 is 17.9 Å². The summed E-state index contributed by atoms with van der Waals surface area (Å²) in [6, 6.07) is 10.2. The summed E-state index contributed by atoms with van der Waals surface area (Å²) in [5.74, 6) is -1.73. The molecule has 1 aliphatic rings. The molecule has 1 aromatic carbocycles. The lowest BCUT2D eigenvalue weighted by atomic mass is 9.86. The van der Waals surface area contributed by atoms with Gasteiger partial charge < -0.3 is 15.0 Å². The fraction of sp³-hybridized carbons (Fsp3) is 0.263. The molecule has 0 spiro atoms. The lowest BCUT2D eigenvalue weighted by molar-refractivity contribution is -0.145. The SMILES string of the molecule is O=C(O)C1CCCN(C(=O)c2ccccc2)C1c1cc2cncnc2[nH]1. The van der Waals surface area contributed by atoms with E-state index in [9.17, 15) is 14.7 Å². The minimum atomic E-state index is -0.898. The Bertz CT molecular complexity index is 921. The number of nitrogens with one attached hydrogen (secondary N) is 1. The van der Waals surface area contributed by atoms with Crippen molar-refractivity contribution >= 4 is 22.9 Å². The summed E-state index contributed by atoms with van der Waals surface area (Å²) in [6.07, 6.45) is 4.29. The number of hydrogen-bond acceptors (Lipinski definition) is 4. The molecule has 3 aromatic rings. The summed E-state index contributed by atoms with van der Waals surface area (Å²) >= 11 is 0. The van der Waals surface area contributed by atoms with Crippen LogP contribution in [0.2, 0.25) is 0 Å². The molecule has 0 aliphatic carbocycles. The van der Waals surface area contributed by atoms with E-state index in [4.69, 9.17) is 0 Å². The van der Waals surface area contributed by atoms with Crippen molar-refractivity contribution in [3.05, 3.63) is 60.2 Å². The number of carbonyl (C=O) groups excluding carboxylic acids is 1. The number of aromatic amines is 1. The molecule has 1 aliphatic heterocycles. The van der Waals surface area contributed by atoms with E-state index in [1.807, 2.05) is 12.1 Å². The number of aliphatic carboxylic acids is 1. The predicted octanol–water partition coefficient (Wildman–Crippen LogP) is 2.64. The Kier molecular flexibility index (Phi) is 4.12. The largest absolute Gasteiger partial charge is 0.481 e. The quantitative estimate of drug-likeness (QED) is 0.756. The Hall–Kier alpha value is -3.22. The molecule has 1 saturated heterocycles. The van der Waals surface area contributed by atoms with Crippen LogP contribution in [-0.4, -0.2) is 43.4 Å². The van der Waals surface area contributed by atoms with Gasteiger partial charge in [0.05, 0.1) is 12.0 Å². The van der Waals surface area contributed by atoms with Crippen LogP contribution in [0.3, 0.4) is 0 Å². The Labute approximate surface area is 149 Å². The zero-order valence-electron chi connectivity index (χ0n) is 14.0. The first-order chi connectivity index (χ1) is 12.6. The molecule has 2 atom stereocenters. The highest BCUT2D eigenvalue weighted by Gasteiger charge is 2.40. The standard InChI is InChI=1S/C19H18N4O3/c24-18(12-5-2-1-3-6-12)23-8-4-7-14(19(25)26)16(23)15-9-13-10-20-11-21-17(13)22-15/h1-3,5-6,9-11,14,16H,4,7-8H2,(H,25,26)(H,20,21,22). The lowest BCUT2D eigenvalue weighted by Crippen LogP contribution is -2.45. The number of likely N-dealkylation sites (tertiary alicyclic amines) is 1. The van der Waals surface area contributed by atoms with Crippen molar-refractivity contribution in [3.63, 3.8) is 0 Å². The molecule has 1 amide bonds. The van der Waals surface area contributed by atoms with Gasteiger partial charge in [0.1, 0.15) is 12.0 Å². The highest BCUT2D eigenvalue weighted by Crippen LogP contribution is 2.37. The number of amides is 1. The third-order valence-electron chi connectivity index (χ3n) is 4.86. The number of aromatic nitrogens is 3. The average Bonchev–Trinajstić information content (AvgIpc) is 3.11. The van der Waals surface area contributed by atoms with Crippen LogP contribution in [0, 0.1) is 5.92 Å². The zero-order chi connectivity index (χ0) is 18.1. The smallest absolute Gasteiger partial charge is 0.309 e. The van der Waals surface area contributed by atoms with Crippen molar-refractivity contribution < 1.29 is 14.7 Å². The van der Waals surface area contributed by atoms with Crippen LogP contribution >= 0.6 is 0 Å². The fourth-order valence-electron chi connectivity index (χ4n) is 3.66. The zero-order valence-corrected chi connectivity index (χ0v) is 14.0. The molecular weight excluding hydrogens is 332 g/mol. The molecule has 26 heavy (non-hydrogen) atoms. The average molecular weight is 350 g/mol. The van der Waals surface area contributed by atoms with Gasteiger partial charge in [0.25, 0.3) is 5.91 Å². The number of piperidine rings is 1. The minimum absolute atomic E-state index is 0.161. The molecule has 132 valence electrons. The third-order valence-corrected chi connectivity index (χ3v) is 4.86. The Morgan fingerprint density at radius 3 is 2.77 bits per heavy atom. The van der Waals surface area contributed by atoms with Gasteiger partial charge in [-0.15, -0.1) is 0 Å². The van der Waals surface area contributed by atoms with Gasteiger partial charge in [0.15, 0.2) is 0 Å². The normalized spacial score (nSPS) is 20.2. The maximum Gasteiger partial charge on any atom is 0.309 e. The highest BCUT2D eigenvalue weighted by molar-refractivity contribution is 5.95. The molecule has 0 saturated carbocycles. The van der Waals surface area contributed by atoms with E-state index in [2.05, 4.69) is 15.0 Å². The molecule has 3 heterocycles. The van der Waals surface area contributed by atoms with Crippen molar-refractivity contribution in [3.8, 4) is 0 Å². The van der Waals surface area contributed by atoms with Crippen molar-refractivity contribution in [2.45, 2.75) is 18.9 Å². The van der Waals surface area contributed by atoms with E-state index in [-0.39, 0.29) is 5.91 Å². The molecule has 0 radical (unpaired) electrons. The number of rotatable bonds is 3. The van der Waals surface area contributed by atoms with Crippen LogP contribution in [0.5, 0.6) is 0 Å². The molecule has 7 nitrogen and oxygen atoms in total. The number of H-pyrrole nitrogens is 1. The van der Waals surface area contributed by atoms with Crippen LogP contribution < -0.4 is 0 Å². The third kappa shape index (κ3) is 2.81. The van der Waals surface area contributed by atoms with Crippen molar-refractivity contribution in [2.24, 2.45) is 5.92 Å². The topological polar surface area (TPSA) is 99.2 Å². The number of carboxylic acid groups (broad SMARTS) is 1. The second-order valence-corrected chi connectivity index (χ2v) is 6.45. The summed E-state index contributed by atoms with van der Waals surface area (Å²) in [5, 5.41) is 10.5. The van der Waals surface area contributed by atoms with Crippen LogP contribution in [0.25, 0.3) is 11.0 Å². The first-order valence-electron chi connectivity index (χ1n) is 8.52. The van der Waals surface area contributed by atoms with Gasteiger partial charge in [-0.2, -0.15) is 0 Å². The van der Waals surface area contributed by atoms with E-state index in [1.165, 1.54) is 6.33 Å². The van der Waals surface area contributed by atoms with Crippen LogP contribution in [0.15, 0.2) is 48.9 Å². The van der Waals surface area contributed by atoms with Gasteiger partial charge in [-0.1, -0.05) is 18.2 Å². The Morgan fingerprint density at radius 1 is 1.23 bits per heavy atom. The second-order valence-electron chi connectivity index (χ2n) is 6.45. The molecule has 4 rings (SSSR count). The van der Waals surface area contributed by atoms with E-state index >= 15 is 0 Å². The molecule has 7 heteroatoms. The first-order valence-corrected chi connectivity index (χ1v) is 8.52. The minimum Gasteiger partial charge on any atom is -0.481 e. The maximum absolute atomic E-state index is 13.1. The first kappa shape index (κ1) is 16.3. The van der Waals surface area contributed by atoms with E-state index in [0.717, 1.165) is 5.39 Å². The van der Waals surface area contributed by atoms with Gasteiger partial charge in [-0.3, -0.25) is 9.59 Å². The summed E-state index contributed by atoms with van der Waals surface area (Å²) in [7, 11) is 0. The molecule has 1 fully saturated rings. The molecule has 2 unspecified atom stereocenters. The lowest BCUT2D eigenvalue weighted by Gasteiger charge is -2.39. The maximum atomic E-state index is 13.1. The number of nitrogens with zero attached hydrogens (tertiary/aromatic N) is 3. The van der Waals surface area contributed by atoms with E-state index in [0.29, 0.717) is 36.3 Å². The van der Waals surface area contributed by atoms with Crippen LogP contribution in [0.4, 0.5) is 0 Å². The number of hydrogen-bond donors (Lipinski definition) is 2. The summed E-state index contributed by atoms with van der Waals surface area (Å²) in [5.41, 5.74) is 1.87.